The second kappa shape index (κ2) is 8.33. The molecule has 1 fully saturated rings. The van der Waals surface area contributed by atoms with E-state index < -0.39 is 5.60 Å². The lowest BCUT2D eigenvalue weighted by Gasteiger charge is -2.26. The van der Waals surface area contributed by atoms with Gasteiger partial charge in [-0.2, -0.15) is 0 Å². The number of aliphatic hydroxyl groups is 1. The first-order chi connectivity index (χ1) is 11.3. The Labute approximate surface area is 144 Å². The molecule has 0 spiro atoms. The van der Waals surface area contributed by atoms with E-state index in [9.17, 15) is 9.90 Å². The van der Waals surface area contributed by atoms with E-state index in [1.807, 2.05) is 12.3 Å². The highest BCUT2D eigenvalue weighted by Gasteiger charge is 2.19. The van der Waals surface area contributed by atoms with Crippen LogP contribution in [-0.2, 0) is 6.54 Å². The molecule has 0 unspecified atom stereocenters. The number of carbonyl (C=O) groups excluding carboxylic acids is 1. The highest BCUT2D eigenvalue weighted by atomic mass is 16.3. The van der Waals surface area contributed by atoms with Crippen LogP contribution in [0.2, 0.25) is 0 Å². The standard InChI is InChI=1S/C18H30N4O2/c1-18(2,24)14-21(3)17(23)20-13-15-8-9-19-16(12-15)22-10-6-4-5-7-11-22/h8-9,12,24H,4-7,10-11,13-14H2,1-3H3,(H,20,23). The predicted molar refractivity (Wildman–Crippen MR) is 96.1 cm³/mol. The lowest BCUT2D eigenvalue weighted by molar-refractivity contribution is 0.0531. The van der Waals surface area contributed by atoms with Gasteiger partial charge in [0.25, 0.3) is 0 Å². The number of rotatable bonds is 5. The first-order valence-corrected chi connectivity index (χ1v) is 8.76. The van der Waals surface area contributed by atoms with Crippen molar-refractivity contribution in [2.45, 2.75) is 51.7 Å². The molecule has 2 rings (SSSR count). The number of amides is 2. The van der Waals surface area contributed by atoms with Crippen LogP contribution in [0.4, 0.5) is 10.6 Å². The highest BCUT2D eigenvalue weighted by molar-refractivity contribution is 5.73. The molecule has 6 nitrogen and oxygen atoms in total. The van der Waals surface area contributed by atoms with Crippen LogP contribution in [-0.4, -0.2) is 53.3 Å². The van der Waals surface area contributed by atoms with Crippen LogP contribution in [0.3, 0.4) is 0 Å². The maximum atomic E-state index is 12.1. The summed E-state index contributed by atoms with van der Waals surface area (Å²) < 4.78 is 0. The number of hydrogen-bond acceptors (Lipinski definition) is 4. The average Bonchev–Trinajstić information content (AvgIpc) is 2.80. The van der Waals surface area contributed by atoms with Gasteiger partial charge in [-0.25, -0.2) is 9.78 Å². The largest absolute Gasteiger partial charge is 0.389 e. The van der Waals surface area contributed by atoms with Gasteiger partial charge in [0.15, 0.2) is 0 Å². The molecule has 1 aromatic rings. The molecular weight excluding hydrogens is 304 g/mol. The summed E-state index contributed by atoms with van der Waals surface area (Å²) in [5.41, 5.74) is 0.136. The Morgan fingerprint density at radius 3 is 2.62 bits per heavy atom. The summed E-state index contributed by atoms with van der Waals surface area (Å²) >= 11 is 0. The van der Waals surface area contributed by atoms with Gasteiger partial charge in [0, 0.05) is 32.9 Å². The fourth-order valence-electron chi connectivity index (χ4n) is 3.01. The lowest BCUT2D eigenvalue weighted by atomic mass is 10.1. The Hall–Kier alpha value is -1.82. The van der Waals surface area contributed by atoms with Gasteiger partial charge >= 0.3 is 6.03 Å². The Kier molecular flexibility index (Phi) is 6.43. The van der Waals surface area contributed by atoms with Crippen molar-refractivity contribution in [3.05, 3.63) is 23.9 Å². The fourth-order valence-corrected chi connectivity index (χ4v) is 3.01. The third-order valence-corrected chi connectivity index (χ3v) is 4.15. The van der Waals surface area contributed by atoms with Crippen LogP contribution >= 0.6 is 0 Å². The van der Waals surface area contributed by atoms with Crippen molar-refractivity contribution in [2.75, 3.05) is 31.6 Å². The summed E-state index contributed by atoms with van der Waals surface area (Å²) in [5.74, 6) is 0.994. The summed E-state index contributed by atoms with van der Waals surface area (Å²) in [7, 11) is 1.68. The maximum Gasteiger partial charge on any atom is 0.317 e. The molecule has 0 aliphatic carbocycles. The maximum absolute atomic E-state index is 12.1. The monoisotopic (exact) mass is 334 g/mol. The van der Waals surface area contributed by atoms with Gasteiger partial charge in [-0.3, -0.25) is 0 Å². The zero-order valence-electron chi connectivity index (χ0n) is 15.1. The molecule has 0 bridgehead atoms. The number of nitrogens with zero attached hydrogens (tertiary/aromatic N) is 3. The van der Waals surface area contributed by atoms with E-state index in [1.54, 1.807) is 20.9 Å². The quantitative estimate of drug-likeness (QED) is 0.867. The minimum atomic E-state index is -0.900. The molecule has 1 aliphatic heterocycles. The summed E-state index contributed by atoms with van der Waals surface area (Å²) in [6.45, 7) is 6.22. The van der Waals surface area contributed by atoms with Gasteiger partial charge in [0.05, 0.1) is 12.1 Å². The average molecular weight is 334 g/mol. The molecular formula is C18H30N4O2. The van der Waals surface area contributed by atoms with Gasteiger partial charge in [0.2, 0.25) is 0 Å². The number of hydrogen-bond donors (Lipinski definition) is 2. The van der Waals surface area contributed by atoms with E-state index >= 15 is 0 Å². The number of anilines is 1. The number of urea groups is 1. The van der Waals surface area contributed by atoms with Crippen molar-refractivity contribution in [2.24, 2.45) is 0 Å². The molecule has 0 atom stereocenters. The third-order valence-electron chi connectivity index (χ3n) is 4.15. The van der Waals surface area contributed by atoms with E-state index in [0.717, 1.165) is 24.5 Å². The molecule has 0 saturated carbocycles. The Morgan fingerprint density at radius 1 is 1.33 bits per heavy atom. The van der Waals surface area contributed by atoms with Crippen molar-refractivity contribution in [1.29, 1.82) is 0 Å². The van der Waals surface area contributed by atoms with Crippen molar-refractivity contribution < 1.29 is 9.90 Å². The van der Waals surface area contributed by atoms with Crippen molar-refractivity contribution >= 4 is 11.8 Å². The van der Waals surface area contributed by atoms with E-state index in [4.69, 9.17) is 0 Å². The SMILES string of the molecule is CN(CC(C)(C)O)C(=O)NCc1ccnc(N2CCCCCC2)c1. The number of carbonyl (C=O) groups is 1. The van der Waals surface area contributed by atoms with Crippen LogP contribution in [0.5, 0.6) is 0 Å². The normalized spacial score (nSPS) is 15.8. The number of aromatic nitrogens is 1. The fraction of sp³-hybridized carbons (Fsp3) is 0.667. The number of pyridine rings is 1. The Balaban J connectivity index is 1.91. The topological polar surface area (TPSA) is 68.7 Å². The predicted octanol–water partition coefficient (Wildman–Crippen LogP) is 2.37. The molecule has 6 heteroatoms. The lowest BCUT2D eigenvalue weighted by Crippen LogP contribution is -2.44. The third kappa shape index (κ3) is 6.00. The van der Waals surface area contributed by atoms with Gasteiger partial charge in [-0.05, 0) is 44.4 Å². The summed E-state index contributed by atoms with van der Waals surface area (Å²) in [4.78, 5) is 20.4. The van der Waals surface area contributed by atoms with Crippen molar-refractivity contribution in [3.63, 3.8) is 0 Å². The van der Waals surface area contributed by atoms with E-state index in [2.05, 4.69) is 21.3 Å². The second-order valence-corrected chi connectivity index (χ2v) is 7.25. The zero-order valence-corrected chi connectivity index (χ0v) is 15.1. The molecule has 2 N–H and O–H groups in total. The van der Waals surface area contributed by atoms with Crippen LogP contribution in [0.25, 0.3) is 0 Å². The van der Waals surface area contributed by atoms with Crippen molar-refractivity contribution in [3.8, 4) is 0 Å². The first kappa shape index (κ1) is 18.5. The minimum absolute atomic E-state index is 0.190. The first-order valence-electron chi connectivity index (χ1n) is 8.76. The Bertz CT molecular complexity index is 534. The molecule has 1 saturated heterocycles. The van der Waals surface area contributed by atoms with E-state index in [1.165, 1.54) is 30.6 Å². The molecule has 2 heterocycles. The summed E-state index contributed by atoms with van der Waals surface area (Å²) in [6.07, 6.45) is 6.82. The van der Waals surface area contributed by atoms with Gasteiger partial charge < -0.3 is 20.2 Å². The molecule has 1 aliphatic rings. The molecule has 2 amide bonds. The van der Waals surface area contributed by atoms with Crippen molar-refractivity contribution in [1.82, 2.24) is 15.2 Å². The Morgan fingerprint density at radius 2 is 2.00 bits per heavy atom. The van der Waals surface area contributed by atoms with Crippen LogP contribution in [0, 0.1) is 0 Å². The van der Waals surface area contributed by atoms with Crippen LogP contribution < -0.4 is 10.2 Å². The second-order valence-electron chi connectivity index (χ2n) is 7.25. The van der Waals surface area contributed by atoms with Gasteiger partial charge in [0.1, 0.15) is 5.82 Å². The summed E-state index contributed by atoms with van der Waals surface area (Å²) in [6, 6.07) is 3.80. The van der Waals surface area contributed by atoms with E-state index in [-0.39, 0.29) is 12.6 Å². The van der Waals surface area contributed by atoms with Crippen LogP contribution in [0.1, 0.15) is 45.1 Å². The van der Waals surface area contributed by atoms with Gasteiger partial charge in [-0.15, -0.1) is 0 Å². The number of likely N-dealkylation sites (N-methyl/N-ethyl adjacent to an activating group) is 1. The number of nitrogens with one attached hydrogen (secondary N) is 1. The summed E-state index contributed by atoms with van der Waals surface area (Å²) in [5, 5.41) is 12.7. The molecule has 0 radical (unpaired) electrons. The van der Waals surface area contributed by atoms with Crippen LogP contribution in [0.15, 0.2) is 18.3 Å². The molecule has 1 aromatic heterocycles. The molecule has 0 aromatic carbocycles. The molecule has 24 heavy (non-hydrogen) atoms. The zero-order chi connectivity index (χ0) is 17.6. The molecule has 134 valence electrons. The smallest absolute Gasteiger partial charge is 0.317 e. The minimum Gasteiger partial charge on any atom is -0.389 e. The van der Waals surface area contributed by atoms with Gasteiger partial charge in [-0.1, -0.05) is 12.8 Å². The highest BCUT2D eigenvalue weighted by Crippen LogP contribution is 2.18. The van der Waals surface area contributed by atoms with E-state index in [0.29, 0.717) is 6.54 Å².